The van der Waals surface area contributed by atoms with Gasteiger partial charge in [0.25, 0.3) is 0 Å². The molecule has 19 heavy (non-hydrogen) atoms. The van der Waals surface area contributed by atoms with Crippen molar-refractivity contribution in [1.82, 2.24) is 4.90 Å². The number of hydrogen-bond donors (Lipinski definition) is 1. The highest BCUT2D eigenvalue weighted by molar-refractivity contribution is 5.78. The van der Waals surface area contributed by atoms with Gasteiger partial charge in [0, 0.05) is 18.5 Å². The van der Waals surface area contributed by atoms with Gasteiger partial charge < -0.3 is 10.6 Å². The van der Waals surface area contributed by atoms with Gasteiger partial charge in [0.05, 0.1) is 6.04 Å². The molecule has 3 heteroatoms. The van der Waals surface area contributed by atoms with E-state index in [0.29, 0.717) is 12.5 Å². The van der Waals surface area contributed by atoms with Gasteiger partial charge >= 0.3 is 0 Å². The minimum atomic E-state index is 0.0690. The summed E-state index contributed by atoms with van der Waals surface area (Å²) in [4.78, 5) is 14.3. The lowest BCUT2D eigenvalue weighted by molar-refractivity contribution is -0.138. The molecule has 0 radical (unpaired) electrons. The summed E-state index contributed by atoms with van der Waals surface area (Å²) in [5.74, 6) is 0.286. The second kappa shape index (κ2) is 4.64. The van der Waals surface area contributed by atoms with Crippen LogP contribution in [0.3, 0.4) is 0 Å². The van der Waals surface area contributed by atoms with Gasteiger partial charge in [-0.25, -0.2) is 0 Å². The topological polar surface area (TPSA) is 46.3 Å². The number of rotatable bonds is 2. The summed E-state index contributed by atoms with van der Waals surface area (Å²) in [5.41, 5.74) is 10.0. The van der Waals surface area contributed by atoms with E-state index in [9.17, 15) is 4.79 Å². The van der Waals surface area contributed by atoms with Crippen molar-refractivity contribution in [3.8, 4) is 0 Å². The average molecular weight is 258 g/mol. The van der Waals surface area contributed by atoms with Crippen molar-refractivity contribution in [2.24, 2.45) is 5.73 Å². The number of nitrogens with zero attached hydrogens (tertiary/aromatic N) is 1. The second-order valence-electron chi connectivity index (χ2n) is 6.10. The number of amides is 1. The molecule has 1 aromatic carbocycles. The zero-order valence-corrected chi connectivity index (χ0v) is 11.7. The SMILES string of the molecule is Cc1cc(C)cc(C2C(N)CCC(=O)N2C2CC2)c1. The Balaban J connectivity index is 2.00. The second-order valence-corrected chi connectivity index (χ2v) is 6.10. The lowest BCUT2D eigenvalue weighted by atomic mass is 9.89. The Kier molecular flexibility index (Phi) is 3.09. The van der Waals surface area contributed by atoms with Crippen LogP contribution in [-0.2, 0) is 4.79 Å². The minimum Gasteiger partial charge on any atom is -0.331 e. The quantitative estimate of drug-likeness (QED) is 0.885. The van der Waals surface area contributed by atoms with E-state index in [2.05, 4.69) is 36.9 Å². The molecule has 3 nitrogen and oxygen atoms in total. The summed E-state index contributed by atoms with van der Waals surface area (Å²) in [6.07, 6.45) is 3.69. The summed E-state index contributed by atoms with van der Waals surface area (Å²) in [6.45, 7) is 4.21. The molecular weight excluding hydrogens is 236 g/mol. The number of carbonyl (C=O) groups is 1. The predicted octanol–water partition coefficient (Wildman–Crippen LogP) is 2.46. The first-order valence-corrected chi connectivity index (χ1v) is 7.21. The number of piperidine rings is 1. The van der Waals surface area contributed by atoms with Gasteiger partial charge in [0.15, 0.2) is 0 Å². The highest BCUT2D eigenvalue weighted by Gasteiger charge is 2.43. The Hall–Kier alpha value is -1.35. The molecule has 1 aliphatic heterocycles. The lowest BCUT2D eigenvalue weighted by Crippen LogP contribution is -2.49. The standard InChI is InChI=1S/C16H22N2O/c1-10-7-11(2)9-12(8-10)16-14(17)5-6-15(19)18(16)13-3-4-13/h7-9,13-14,16H,3-6,17H2,1-2H3. The molecule has 1 aromatic rings. The van der Waals surface area contributed by atoms with Gasteiger partial charge in [0.1, 0.15) is 0 Å². The van der Waals surface area contributed by atoms with Crippen LogP contribution in [0.2, 0.25) is 0 Å². The van der Waals surface area contributed by atoms with Crippen LogP contribution in [0.15, 0.2) is 18.2 Å². The van der Waals surface area contributed by atoms with Gasteiger partial charge in [-0.1, -0.05) is 29.3 Å². The predicted molar refractivity (Wildman–Crippen MR) is 75.7 cm³/mol. The summed E-state index contributed by atoms with van der Waals surface area (Å²) < 4.78 is 0. The monoisotopic (exact) mass is 258 g/mol. The molecule has 0 aromatic heterocycles. The van der Waals surface area contributed by atoms with Crippen molar-refractivity contribution in [1.29, 1.82) is 0 Å². The van der Waals surface area contributed by atoms with E-state index in [1.54, 1.807) is 0 Å². The van der Waals surface area contributed by atoms with Crippen molar-refractivity contribution in [3.63, 3.8) is 0 Å². The van der Waals surface area contributed by atoms with Crippen molar-refractivity contribution in [2.75, 3.05) is 0 Å². The third-order valence-electron chi connectivity index (χ3n) is 4.21. The van der Waals surface area contributed by atoms with Gasteiger partial charge in [-0.3, -0.25) is 4.79 Å². The number of hydrogen-bond acceptors (Lipinski definition) is 2. The molecule has 2 N–H and O–H groups in total. The molecular formula is C16H22N2O. The van der Waals surface area contributed by atoms with Crippen LogP contribution < -0.4 is 5.73 Å². The summed E-state index contributed by atoms with van der Waals surface area (Å²) in [6, 6.07) is 7.12. The normalized spacial score (nSPS) is 27.7. The molecule has 102 valence electrons. The molecule has 1 saturated carbocycles. The largest absolute Gasteiger partial charge is 0.331 e. The first-order chi connectivity index (χ1) is 9.06. The molecule has 1 saturated heterocycles. The summed E-state index contributed by atoms with van der Waals surface area (Å²) in [7, 11) is 0. The Labute approximate surface area is 114 Å². The molecule has 1 heterocycles. The fourth-order valence-electron chi connectivity index (χ4n) is 3.31. The first-order valence-electron chi connectivity index (χ1n) is 7.21. The van der Waals surface area contributed by atoms with Gasteiger partial charge in [-0.05, 0) is 38.7 Å². The maximum Gasteiger partial charge on any atom is 0.223 e. The highest BCUT2D eigenvalue weighted by atomic mass is 16.2. The van der Waals surface area contributed by atoms with E-state index in [1.165, 1.54) is 16.7 Å². The zero-order chi connectivity index (χ0) is 13.6. The molecule has 1 aliphatic carbocycles. The fourth-order valence-corrected chi connectivity index (χ4v) is 3.31. The van der Waals surface area contributed by atoms with E-state index in [4.69, 9.17) is 5.73 Å². The van der Waals surface area contributed by atoms with Crippen molar-refractivity contribution < 1.29 is 4.79 Å². The van der Waals surface area contributed by atoms with E-state index in [-0.39, 0.29) is 18.0 Å². The van der Waals surface area contributed by atoms with Crippen LogP contribution in [0.4, 0.5) is 0 Å². The third kappa shape index (κ3) is 2.39. The smallest absolute Gasteiger partial charge is 0.223 e. The maximum absolute atomic E-state index is 12.2. The number of carbonyl (C=O) groups excluding carboxylic acids is 1. The van der Waals surface area contributed by atoms with Gasteiger partial charge in [-0.2, -0.15) is 0 Å². The van der Waals surface area contributed by atoms with E-state index < -0.39 is 0 Å². The van der Waals surface area contributed by atoms with Crippen LogP contribution >= 0.6 is 0 Å². The van der Waals surface area contributed by atoms with Crippen molar-refractivity contribution in [3.05, 3.63) is 34.9 Å². The Bertz CT molecular complexity index is 487. The molecule has 0 spiro atoms. The molecule has 2 atom stereocenters. The zero-order valence-electron chi connectivity index (χ0n) is 11.7. The maximum atomic E-state index is 12.2. The first kappa shape index (κ1) is 12.7. The van der Waals surface area contributed by atoms with Crippen LogP contribution in [0.1, 0.15) is 48.4 Å². The molecule has 1 amide bonds. The number of benzene rings is 1. The van der Waals surface area contributed by atoms with Crippen LogP contribution in [0.25, 0.3) is 0 Å². The molecule has 2 unspecified atom stereocenters. The van der Waals surface area contributed by atoms with Crippen molar-refractivity contribution in [2.45, 2.75) is 57.7 Å². The Morgan fingerprint density at radius 3 is 2.32 bits per heavy atom. The number of aryl methyl sites for hydroxylation is 2. The van der Waals surface area contributed by atoms with E-state index in [0.717, 1.165) is 19.3 Å². The van der Waals surface area contributed by atoms with Gasteiger partial charge in [0.2, 0.25) is 5.91 Å². The average Bonchev–Trinajstić information content (AvgIpc) is 3.14. The van der Waals surface area contributed by atoms with Crippen LogP contribution in [0, 0.1) is 13.8 Å². The fraction of sp³-hybridized carbons (Fsp3) is 0.562. The van der Waals surface area contributed by atoms with Crippen LogP contribution in [-0.4, -0.2) is 22.9 Å². The molecule has 2 aliphatic rings. The summed E-state index contributed by atoms with van der Waals surface area (Å²) in [5, 5.41) is 0. The Morgan fingerprint density at radius 1 is 1.11 bits per heavy atom. The van der Waals surface area contributed by atoms with Crippen molar-refractivity contribution >= 4 is 5.91 Å². The third-order valence-corrected chi connectivity index (χ3v) is 4.21. The van der Waals surface area contributed by atoms with Crippen LogP contribution in [0.5, 0.6) is 0 Å². The minimum absolute atomic E-state index is 0.0690. The Morgan fingerprint density at radius 2 is 1.74 bits per heavy atom. The van der Waals surface area contributed by atoms with Gasteiger partial charge in [-0.15, -0.1) is 0 Å². The molecule has 3 rings (SSSR count). The molecule has 2 fully saturated rings. The lowest BCUT2D eigenvalue weighted by Gasteiger charge is -2.40. The number of likely N-dealkylation sites (tertiary alicyclic amines) is 1. The summed E-state index contributed by atoms with van der Waals surface area (Å²) >= 11 is 0. The van der Waals surface area contributed by atoms with E-state index >= 15 is 0 Å². The highest BCUT2D eigenvalue weighted by Crippen LogP contribution is 2.40. The van der Waals surface area contributed by atoms with E-state index in [1.807, 2.05) is 0 Å². The molecule has 0 bridgehead atoms. The number of nitrogens with two attached hydrogens (primary N) is 1.